The van der Waals surface area contributed by atoms with E-state index in [0.29, 0.717) is 18.8 Å². The van der Waals surface area contributed by atoms with Crippen LogP contribution < -0.4 is 0 Å². The van der Waals surface area contributed by atoms with Crippen LogP contribution in [-0.4, -0.2) is 34.7 Å². The number of rotatable bonds is 5. The molecular weight excluding hydrogens is 281 g/mol. The number of likely N-dealkylation sites (tertiary alicyclic amines) is 1. The molecule has 118 valence electrons. The molecule has 1 fully saturated rings. The van der Waals surface area contributed by atoms with Gasteiger partial charge >= 0.3 is 0 Å². The third kappa shape index (κ3) is 3.53. The maximum Gasteiger partial charge on any atom is 0.265 e. The Balaban J connectivity index is 1.54. The van der Waals surface area contributed by atoms with Gasteiger partial charge in [-0.25, -0.2) is 4.39 Å². The van der Waals surface area contributed by atoms with Gasteiger partial charge in [0.2, 0.25) is 5.67 Å². The van der Waals surface area contributed by atoms with Crippen LogP contribution in [0.25, 0.3) is 0 Å². The van der Waals surface area contributed by atoms with Gasteiger partial charge in [0, 0.05) is 6.54 Å². The Labute approximate surface area is 130 Å². The summed E-state index contributed by atoms with van der Waals surface area (Å²) < 4.78 is 20.1. The Kier molecular flexibility index (Phi) is 4.52. The van der Waals surface area contributed by atoms with E-state index in [9.17, 15) is 0 Å². The molecule has 0 bridgehead atoms. The molecule has 1 aromatic heterocycles. The second-order valence-electron chi connectivity index (χ2n) is 6.08. The van der Waals surface area contributed by atoms with Crippen molar-refractivity contribution >= 4 is 0 Å². The van der Waals surface area contributed by atoms with Gasteiger partial charge in [-0.2, -0.15) is 4.98 Å². The van der Waals surface area contributed by atoms with Gasteiger partial charge in [-0.15, -0.1) is 0 Å². The Morgan fingerprint density at radius 1 is 1.32 bits per heavy atom. The standard InChI is InChI=1S/C17H22FN3O/c1-14-19-16(22-20-14)17(18)10-6-12-21(13-17)11-5-9-15-7-3-2-4-8-15/h2-4,7-8H,5-6,9-13H2,1H3. The summed E-state index contributed by atoms with van der Waals surface area (Å²) in [5.41, 5.74) is -0.162. The zero-order chi connectivity index (χ0) is 15.4. The molecule has 1 aliphatic heterocycles. The van der Waals surface area contributed by atoms with Crippen LogP contribution in [0.2, 0.25) is 0 Å². The summed E-state index contributed by atoms with van der Waals surface area (Å²) in [6, 6.07) is 10.4. The summed E-state index contributed by atoms with van der Waals surface area (Å²) in [4.78, 5) is 6.26. The van der Waals surface area contributed by atoms with Gasteiger partial charge in [0.1, 0.15) is 0 Å². The fourth-order valence-electron chi connectivity index (χ4n) is 3.09. The van der Waals surface area contributed by atoms with E-state index in [0.717, 1.165) is 32.4 Å². The minimum atomic E-state index is -1.49. The Hall–Kier alpha value is -1.75. The smallest absolute Gasteiger partial charge is 0.265 e. The van der Waals surface area contributed by atoms with Crippen LogP contribution in [-0.2, 0) is 12.1 Å². The first-order valence-corrected chi connectivity index (χ1v) is 7.92. The molecule has 2 heterocycles. The summed E-state index contributed by atoms with van der Waals surface area (Å²) in [7, 11) is 0. The van der Waals surface area contributed by atoms with Crippen LogP contribution in [0.5, 0.6) is 0 Å². The first-order chi connectivity index (χ1) is 10.7. The number of hydrogen-bond acceptors (Lipinski definition) is 4. The normalized spacial score (nSPS) is 22.8. The second-order valence-corrected chi connectivity index (χ2v) is 6.08. The number of halogens is 1. The predicted molar refractivity (Wildman–Crippen MR) is 82.3 cm³/mol. The number of hydrogen-bond donors (Lipinski definition) is 0. The van der Waals surface area contributed by atoms with E-state index < -0.39 is 5.67 Å². The molecule has 3 rings (SSSR count). The predicted octanol–water partition coefficient (Wildman–Crippen LogP) is 3.27. The summed E-state index contributed by atoms with van der Waals surface area (Å²) in [6.45, 7) is 3.90. The van der Waals surface area contributed by atoms with Crippen molar-refractivity contribution in [3.8, 4) is 0 Å². The van der Waals surface area contributed by atoms with Crippen LogP contribution in [0.3, 0.4) is 0 Å². The molecule has 0 aliphatic carbocycles. The molecule has 0 spiro atoms. The molecule has 5 heteroatoms. The van der Waals surface area contributed by atoms with Crippen LogP contribution in [0.15, 0.2) is 34.9 Å². The number of nitrogens with zero attached hydrogens (tertiary/aromatic N) is 3. The van der Waals surface area contributed by atoms with E-state index >= 15 is 4.39 Å². The highest BCUT2D eigenvalue weighted by Crippen LogP contribution is 2.34. The summed E-state index contributed by atoms with van der Waals surface area (Å²) in [5, 5.41) is 3.72. The minimum absolute atomic E-state index is 0.137. The molecule has 22 heavy (non-hydrogen) atoms. The number of piperidine rings is 1. The van der Waals surface area contributed by atoms with Crippen LogP contribution in [0, 0.1) is 6.92 Å². The van der Waals surface area contributed by atoms with Crippen molar-refractivity contribution < 1.29 is 8.91 Å². The maximum absolute atomic E-state index is 15.1. The highest BCUT2D eigenvalue weighted by atomic mass is 19.1. The third-order valence-electron chi connectivity index (χ3n) is 4.22. The fraction of sp³-hybridized carbons (Fsp3) is 0.529. The highest BCUT2D eigenvalue weighted by Gasteiger charge is 2.42. The molecule has 0 saturated carbocycles. The van der Waals surface area contributed by atoms with E-state index in [1.807, 2.05) is 6.07 Å². The van der Waals surface area contributed by atoms with Gasteiger partial charge in [0.05, 0.1) is 0 Å². The molecule has 4 nitrogen and oxygen atoms in total. The van der Waals surface area contributed by atoms with Crippen molar-refractivity contribution in [2.24, 2.45) is 0 Å². The minimum Gasteiger partial charge on any atom is -0.336 e. The SMILES string of the molecule is Cc1noc(C2(F)CCCN(CCCc3ccccc3)C2)n1. The van der Waals surface area contributed by atoms with E-state index in [1.165, 1.54) is 5.56 Å². The van der Waals surface area contributed by atoms with Crippen molar-refractivity contribution in [1.29, 1.82) is 0 Å². The van der Waals surface area contributed by atoms with Crippen molar-refractivity contribution in [1.82, 2.24) is 15.0 Å². The largest absolute Gasteiger partial charge is 0.336 e. The average Bonchev–Trinajstić information content (AvgIpc) is 2.96. The van der Waals surface area contributed by atoms with Gasteiger partial charge in [-0.3, -0.25) is 4.90 Å². The molecule has 0 N–H and O–H groups in total. The number of benzene rings is 1. The monoisotopic (exact) mass is 303 g/mol. The first-order valence-electron chi connectivity index (χ1n) is 7.92. The lowest BCUT2D eigenvalue weighted by molar-refractivity contribution is 0.0154. The molecule has 2 aromatic rings. The van der Waals surface area contributed by atoms with Crippen molar-refractivity contribution in [3.63, 3.8) is 0 Å². The summed E-state index contributed by atoms with van der Waals surface area (Å²) in [6.07, 6.45) is 3.34. The lowest BCUT2D eigenvalue weighted by Crippen LogP contribution is -2.44. The second kappa shape index (κ2) is 6.57. The van der Waals surface area contributed by atoms with Gasteiger partial charge in [-0.1, -0.05) is 35.5 Å². The van der Waals surface area contributed by atoms with Gasteiger partial charge < -0.3 is 4.52 Å². The summed E-state index contributed by atoms with van der Waals surface area (Å²) >= 11 is 0. The molecule has 0 radical (unpaired) electrons. The van der Waals surface area contributed by atoms with E-state index in [-0.39, 0.29) is 5.89 Å². The Morgan fingerprint density at radius 2 is 2.14 bits per heavy atom. The van der Waals surface area contributed by atoms with Crippen molar-refractivity contribution in [2.75, 3.05) is 19.6 Å². The van der Waals surface area contributed by atoms with Crippen LogP contribution >= 0.6 is 0 Å². The van der Waals surface area contributed by atoms with E-state index in [1.54, 1.807) is 6.92 Å². The van der Waals surface area contributed by atoms with Gasteiger partial charge in [0.25, 0.3) is 5.89 Å². The van der Waals surface area contributed by atoms with E-state index in [2.05, 4.69) is 39.3 Å². The molecule has 1 atom stereocenters. The molecular formula is C17H22FN3O. The lowest BCUT2D eigenvalue weighted by Gasteiger charge is -2.35. The topological polar surface area (TPSA) is 42.2 Å². The third-order valence-corrected chi connectivity index (χ3v) is 4.22. The van der Waals surface area contributed by atoms with Gasteiger partial charge in [-0.05, 0) is 51.3 Å². The molecule has 1 unspecified atom stereocenters. The average molecular weight is 303 g/mol. The first kappa shape index (κ1) is 15.2. The van der Waals surface area contributed by atoms with E-state index in [4.69, 9.17) is 4.52 Å². The molecule has 1 aliphatic rings. The Bertz CT molecular complexity index is 601. The maximum atomic E-state index is 15.1. The lowest BCUT2D eigenvalue weighted by atomic mass is 9.94. The molecule has 1 aromatic carbocycles. The highest BCUT2D eigenvalue weighted by molar-refractivity contribution is 5.14. The number of aryl methyl sites for hydroxylation is 2. The molecule has 0 amide bonds. The van der Waals surface area contributed by atoms with Crippen molar-refractivity contribution in [2.45, 2.75) is 38.3 Å². The molecule has 1 saturated heterocycles. The quantitative estimate of drug-likeness (QED) is 0.850. The Morgan fingerprint density at radius 3 is 2.86 bits per heavy atom. The zero-order valence-electron chi connectivity index (χ0n) is 13.0. The number of aromatic nitrogens is 2. The van der Waals surface area contributed by atoms with Crippen LogP contribution in [0.4, 0.5) is 4.39 Å². The number of alkyl halides is 1. The summed E-state index contributed by atoms with van der Waals surface area (Å²) in [5.74, 6) is 0.631. The van der Waals surface area contributed by atoms with Crippen LogP contribution in [0.1, 0.15) is 36.5 Å². The zero-order valence-corrected chi connectivity index (χ0v) is 13.0. The van der Waals surface area contributed by atoms with Crippen molar-refractivity contribution in [3.05, 3.63) is 47.6 Å². The fourth-order valence-corrected chi connectivity index (χ4v) is 3.09. The van der Waals surface area contributed by atoms with Gasteiger partial charge in [0.15, 0.2) is 5.82 Å².